The predicted molar refractivity (Wildman–Crippen MR) is 48.8 cm³/mol. The molecule has 1 heterocycles. The van der Waals surface area contributed by atoms with E-state index >= 15 is 0 Å². The van der Waals surface area contributed by atoms with Gasteiger partial charge in [0.15, 0.2) is 0 Å². The Morgan fingerprint density at radius 3 is 1.92 bits per heavy atom. The summed E-state index contributed by atoms with van der Waals surface area (Å²) in [7, 11) is 0. The van der Waals surface area contributed by atoms with Crippen LogP contribution in [0.4, 0.5) is 0 Å². The normalized spacial score (nSPS) is 25.0. The van der Waals surface area contributed by atoms with E-state index in [0.717, 1.165) is 0 Å². The first-order valence-electron chi connectivity index (χ1n) is 4.33. The van der Waals surface area contributed by atoms with Crippen LogP contribution in [0.3, 0.4) is 0 Å². The number of imide groups is 1. The lowest BCUT2D eigenvalue weighted by Crippen LogP contribution is -2.49. The Balaban J connectivity index is 3.09. The second-order valence-electron chi connectivity index (χ2n) is 4.47. The van der Waals surface area contributed by atoms with Crippen molar-refractivity contribution in [1.29, 1.82) is 0 Å². The van der Waals surface area contributed by atoms with Gasteiger partial charge in [-0.25, -0.2) is 0 Å². The first-order chi connectivity index (χ1) is 5.68. The first kappa shape index (κ1) is 10.2. The summed E-state index contributed by atoms with van der Waals surface area (Å²) in [5.74, 6) is -0.377. The number of nitrogens with zero attached hydrogens (tertiary/aromatic N) is 1. The molecule has 1 rings (SSSR count). The van der Waals surface area contributed by atoms with Gasteiger partial charge in [0.2, 0.25) is 11.8 Å². The predicted octanol–water partition coefficient (Wildman–Crippen LogP) is 0.479. The maximum absolute atomic E-state index is 11.7. The van der Waals surface area contributed by atoms with Crippen LogP contribution in [0, 0.1) is 0 Å². The Hall–Kier alpha value is -0.900. The Morgan fingerprint density at radius 2 is 1.77 bits per heavy atom. The van der Waals surface area contributed by atoms with Gasteiger partial charge in [-0.1, -0.05) is 0 Å². The van der Waals surface area contributed by atoms with E-state index in [1.165, 1.54) is 11.8 Å². The van der Waals surface area contributed by atoms with Gasteiger partial charge in [-0.15, -0.1) is 0 Å². The van der Waals surface area contributed by atoms with Gasteiger partial charge in [0.1, 0.15) is 0 Å². The smallest absolute Gasteiger partial charge is 0.250 e. The third-order valence-corrected chi connectivity index (χ3v) is 2.23. The highest BCUT2D eigenvalue weighted by molar-refractivity contribution is 6.01. The van der Waals surface area contributed by atoms with Crippen molar-refractivity contribution in [1.82, 2.24) is 10.2 Å². The van der Waals surface area contributed by atoms with Crippen LogP contribution < -0.4 is 5.32 Å². The number of amides is 2. The molecule has 0 radical (unpaired) electrons. The van der Waals surface area contributed by atoms with E-state index < -0.39 is 11.2 Å². The highest BCUT2D eigenvalue weighted by Crippen LogP contribution is 2.27. The summed E-state index contributed by atoms with van der Waals surface area (Å²) in [6.45, 7) is 8.60. The van der Waals surface area contributed by atoms with Crippen LogP contribution in [0.25, 0.3) is 0 Å². The summed E-state index contributed by atoms with van der Waals surface area (Å²) in [5.41, 5.74) is -1.22. The average molecular weight is 184 g/mol. The average Bonchev–Trinajstić information content (AvgIpc) is 1.96. The molecule has 0 saturated carbocycles. The zero-order valence-corrected chi connectivity index (χ0v) is 8.76. The van der Waals surface area contributed by atoms with Gasteiger partial charge < -0.3 is 0 Å². The SMILES string of the molecule is CC(=O)N1C(=O)C(C)(C)NC1(C)C. The number of nitrogens with one attached hydrogen (secondary N) is 1. The largest absolute Gasteiger partial charge is 0.281 e. The topological polar surface area (TPSA) is 49.4 Å². The maximum atomic E-state index is 11.7. The molecular formula is C9H16N2O2. The van der Waals surface area contributed by atoms with E-state index in [2.05, 4.69) is 5.32 Å². The Morgan fingerprint density at radius 1 is 1.31 bits per heavy atom. The van der Waals surface area contributed by atoms with Crippen molar-refractivity contribution in [2.75, 3.05) is 0 Å². The van der Waals surface area contributed by atoms with Crippen LogP contribution >= 0.6 is 0 Å². The minimum Gasteiger partial charge on any atom is -0.281 e. The second kappa shape index (κ2) is 2.54. The summed E-state index contributed by atoms with van der Waals surface area (Å²) in [6.07, 6.45) is 0. The third-order valence-electron chi connectivity index (χ3n) is 2.23. The quantitative estimate of drug-likeness (QED) is 0.595. The molecule has 4 heteroatoms. The Bertz CT molecular complexity index is 269. The van der Waals surface area contributed by atoms with Crippen molar-refractivity contribution in [2.24, 2.45) is 0 Å². The Kier molecular flexibility index (Phi) is 1.99. The highest BCUT2D eigenvalue weighted by atomic mass is 16.2. The van der Waals surface area contributed by atoms with Crippen LogP contribution in [0.2, 0.25) is 0 Å². The van der Waals surface area contributed by atoms with E-state index in [1.54, 1.807) is 13.8 Å². The fourth-order valence-electron chi connectivity index (χ4n) is 1.94. The van der Waals surface area contributed by atoms with Crippen LogP contribution in [-0.2, 0) is 9.59 Å². The summed E-state index contributed by atoms with van der Waals surface area (Å²) < 4.78 is 0. The number of rotatable bonds is 0. The minimum atomic E-state index is -0.644. The zero-order chi connectivity index (χ0) is 10.4. The van der Waals surface area contributed by atoms with Gasteiger partial charge in [0, 0.05) is 6.92 Å². The molecule has 1 saturated heterocycles. The van der Waals surface area contributed by atoms with Crippen LogP contribution in [0.15, 0.2) is 0 Å². The van der Waals surface area contributed by atoms with Crippen molar-refractivity contribution < 1.29 is 9.59 Å². The van der Waals surface area contributed by atoms with E-state index in [-0.39, 0.29) is 11.8 Å². The molecule has 13 heavy (non-hydrogen) atoms. The molecule has 0 aliphatic carbocycles. The van der Waals surface area contributed by atoms with Gasteiger partial charge >= 0.3 is 0 Å². The molecule has 1 N–H and O–H groups in total. The highest BCUT2D eigenvalue weighted by Gasteiger charge is 2.51. The van der Waals surface area contributed by atoms with E-state index in [4.69, 9.17) is 0 Å². The molecule has 0 atom stereocenters. The molecule has 0 aromatic carbocycles. The van der Waals surface area contributed by atoms with Crippen molar-refractivity contribution in [2.45, 2.75) is 45.8 Å². The number of carbonyl (C=O) groups is 2. The van der Waals surface area contributed by atoms with E-state index in [9.17, 15) is 9.59 Å². The lowest BCUT2D eigenvalue weighted by atomic mass is 10.1. The summed E-state index contributed by atoms with van der Waals surface area (Å²) >= 11 is 0. The van der Waals surface area contributed by atoms with Gasteiger partial charge in [0.25, 0.3) is 0 Å². The molecule has 1 fully saturated rings. The van der Waals surface area contributed by atoms with Gasteiger partial charge in [-0.2, -0.15) is 0 Å². The standard InChI is InChI=1S/C9H16N2O2/c1-6(12)11-7(13)8(2,3)10-9(11,4)5/h10H,1-5H3. The van der Waals surface area contributed by atoms with Crippen LogP contribution in [-0.4, -0.2) is 27.9 Å². The molecule has 0 bridgehead atoms. The van der Waals surface area contributed by atoms with E-state index in [1.807, 2.05) is 13.8 Å². The van der Waals surface area contributed by atoms with Crippen molar-refractivity contribution in [3.05, 3.63) is 0 Å². The van der Waals surface area contributed by atoms with Crippen molar-refractivity contribution in [3.63, 3.8) is 0 Å². The molecule has 0 spiro atoms. The lowest BCUT2D eigenvalue weighted by Gasteiger charge is -2.28. The second-order valence-corrected chi connectivity index (χ2v) is 4.47. The van der Waals surface area contributed by atoms with E-state index in [0.29, 0.717) is 0 Å². The molecule has 4 nitrogen and oxygen atoms in total. The summed E-state index contributed by atoms with van der Waals surface area (Å²) in [4.78, 5) is 24.2. The van der Waals surface area contributed by atoms with Gasteiger partial charge in [0.05, 0.1) is 11.2 Å². The van der Waals surface area contributed by atoms with Crippen molar-refractivity contribution >= 4 is 11.8 Å². The molecule has 1 aliphatic rings. The monoisotopic (exact) mass is 184 g/mol. The number of carbonyl (C=O) groups excluding carboxylic acids is 2. The lowest BCUT2D eigenvalue weighted by molar-refractivity contribution is -0.146. The molecule has 1 aliphatic heterocycles. The summed E-state index contributed by atoms with van der Waals surface area (Å²) in [5, 5.41) is 3.11. The van der Waals surface area contributed by atoms with Crippen molar-refractivity contribution in [3.8, 4) is 0 Å². The maximum Gasteiger partial charge on any atom is 0.250 e. The number of hydrogen-bond acceptors (Lipinski definition) is 3. The minimum absolute atomic E-state index is 0.162. The van der Waals surface area contributed by atoms with Gasteiger partial charge in [-0.3, -0.25) is 19.8 Å². The molecule has 0 unspecified atom stereocenters. The third kappa shape index (κ3) is 1.46. The molecule has 74 valence electrons. The first-order valence-corrected chi connectivity index (χ1v) is 4.33. The molecular weight excluding hydrogens is 168 g/mol. The zero-order valence-electron chi connectivity index (χ0n) is 8.76. The molecule has 2 amide bonds. The Labute approximate surface area is 78.3 Å². The van der Waals surface area contributed by atoms with Crippen LogP contribution in [0.5, 0.6) is 0 Å². The fraction of sp³-hybridized carbons (Fsp3) is 0.778. The summed E-state index contributed by atoms with van der Waals surface area (Å²) in [6, 6.07) is 0. The number of hydrogen-bond donors (Lipinski definition) is 1. The van der Waals surface area contributed by atoms with Gasteiger partial charge in [-0.05, 0) is 27.7 Å². The van der Waals surface area contributed by atoms with Crippen LogP contribution in [0.1, 0.15) is 34.6 Å². The molecule has 0 aromatic rings. The fourth-order valence-corrected chi connectivity index (χ4v) is 1.94. The molecule has 0 aromatic heterocycles.